The molecule has 168 valence electrons. The molecular formula is C23H24N2O5S2. The highest BCUT2D eigenvalue weighted by molar-refractivity contribution is 7.92. The summed E-state index contributed by atoms with van der Waals surface area (Å²) in [4.78, 5) is 15.8. The van der Waals surface area contributed by atoms with Crippen molar-refractivity contribution in [2.24, 2.45) is 0 Å². The molecule has 1 aliphatic rings. The molecule has 2 heterocycles. The lowest BCUT2D eigenvalue weighted by molar-refractivity contribution is -0.134. The third-order valence-electron chi connectivity index (χ3n) is 5.44. The maximum absolute atomic E-state index is 12.9. The largest absolute Gasteiger partial charge is 0.497 e. The molecule has 7 nitrogen and oxygen atoms in total. The topological polar surface area (TPSA) is 76.1 Å². The summed E-state index contributed by atoms with van der Waals surface area (Å²) in [6.07, 6.45) is 0.877. The number of methoxy groups -OCH3 is 1. The van der Waals surface area contributed by atoms with Crippen molar-refractivity contribution in [3.05, 3.63) is 70.4 Å². The fourth-order valence-corrected chi connectivity index (χ4v) is 5.58. The SMILES string of the molecule is COc1ccc(S(=O)(=O)N(C)c2ccc(OCC(=O)N3CCc4sccc4C3)cc2)cc1. The van der Waals surface area contributed by atoms with Gasteiger partial charge in [0, 0.05) is 25.0 Å². The van der Waals surface area contributed by atoms with Crippen LogP contribution in [-0.4, -0.2) is 46.5 Å². The van der Waals surface area contributed by atoms with Crippen LogP contribution < -0.4 is 13.8 Å². The van der Waals surface area contributed by atoms with Crippen LogP contribution in [0.5, 0.6) is 11.5 Å². The normalized spacial score (nSPS) is 13.4. The van der Waals surface area contributed by atoms with Crippen molar-refractivity contribution in [2.75, 3.05) is 31.6 Å². The Morgan fingerprint density at radius 2 is 1.75 bits per heavy atom. The summed E-state index contributed by atoms with van der Waals surface area (Å²) >= 11 is 1.73. The average molecular weight is 473 g/mol. The van der Waals surface area contributed by atoms with E-state index in [1.165, 1.54) is 41.0 Å². The molecule has 0 bridgehead atoms. The van der Waals surface area contributed by atoms with E-state index < -0.39 is 10.0 Å². The molecule has 0 unspecified atom stereocenters. The van der Waals surface area contributed by atoms with Gasteiger partial charge in [-0.3, -0.25) is 9.10 Å². The van der Waals surface area contributed by atoms with Gasteiger partial charge in [-0.25, -0.2) is 8.42 Å². The van der Waals surface area contributed by atoms with Crippen LogP contribution in [0.15, 0.2) is 64.9 Å². The first-order chi connectivity index (χ1) is 15.4. The molecule has 0 spiro atoms. The first kappa shape index (κ1) is 22.2. The molecule has 0 saturated heterocycles. The highest BCUT2D eigenvalue weighted by atomic mass is 32.2. The Morgan fingerprint density at radius 3 is 2.44 bits per heavy atom. The molecule has 3 aromatic rings. The van der Waals surface area contributed by atoms with Crippen molar-refractivity contribution in [2.45, 2.75) is 17.9 Å². The van der Waals surface area contributed by atoms with Gasteiger partial charge in [0.1, 0.15) is 11.5 Å². The molecule has 0 aliphatic carbocycles. The van der Waals surface area contributed by atoms with Crippen LogP contribution in [0.2, 0.25) is 0 Å². The van der Waals surface area contributed by atoms with E-state index in [9.17, 15) is 13.2 Å². The maximum Gasteiger partial charge on any atom is 0.264 e. The summed E-state index contributed by atoms with van der Waals surface area (Å²) in [5.41, 5.74) is 1.69. The summed E-state index contributed by atoms with van der Waals surface area (Å²) in [7, 11) is -0.692. The second-order valence-corrected chi connectivity index (χ2v) is 10.3. The number of benzene rings is 2. The molecule has 4 rings (SSSR count). The second kappa shape index (κ2) is 9.22. The zero-order valence-electron chi connectivity index (χ0n) is 17.9. The number of hydrogen-bond donors (Lipinski definition) is 0. The number of ether oxygens (including phenoxy) is 2. The zero-order chi connectivity index (χ0) is 22.7. The van der Waals surface area contributed by atoms with Gasteiger partial charge in [-0.15, -0.1) is 11.3 Å². The molecule has 32 heavy (non-hydrogen) atoms. The Bertz CT molecular complexity index is 1190. The number of amides is 1. The number of thiophene rings is 1. The van der Waals surface area contributed by atoms with E-state index in [2.05, 4.69) is 11.4 Å². The van der Waals surface area contributed by atoms with Crippen LogP contribution in [0.1, 0.15) is 10.4 Å². The van der Waals surface area contributed by atoms with Gasteiger partial charge in [-0.05, 0) is 72.0 Å². The fourth-order valence-electron chi connectivity index (χ4n) is 3.49. The predicted octanol–water partition coefficient (Wildman–Crippen LogP) is 3.55. The minimum Gasteiger partial charge on any atom is -0.497 e. The van der Waals surface area contributed by atoms with Gasteiger partial charge in [0.15, 0.2) is 6.61 Å². The number of sulfonamides is 1. The van der Waals surface area contributed by atoms with E-state index in [-0.39, 0.29) is 17.4 Å². The highest BCUT2D eigenvalue weighted by Crippen LogP contribution is 2.26. The zero-order valence-corrected chi connectivity index (χ0v) is 19.5. The summed E-state index contributed by atoms with van der Waals surface area (Å²) in [6.45, 7) is 1.26. The van der Waals surface area contributed by atoms with Crippen LogP contribution in [0.3, 0.4) is 0 Å². The molecule has 0 atom stereocenters. The number of carbonyl (C=O) groups excluding carboxylic acids is 1. The van der Waals surface area contributed by atoms with Crippen LogP contribution >= 0.6 is 11.3 Å². The average Bonchev–Trinajstić information content (AvgIpc) is 3.30. The molecule has 0 radical (unpaired) electrons. The predicted molar refractivity (Wildman–Crippen MR) is 124 cm³/mol. The number of nitrogens with zero attached hydrogens (tertiary/aromatic N) is 2. The second-order valence-electron chi connectivity index (χ2n) is 7.36. The molecule has 1 aliphatic heterocycles. The summed E-state index contributed by atoms with van der Waals surface area (Å²) in [5, 5.41) is 2.06. The Kier molecular flexibility index (Phi) is 6.38. The third kappa shape index (κ3) is 4.58. The van der Waals surface area contributed by atoms with E-state index in [0.29, 0.717) is 30.3 Å². The molecule has 1 amide bonds. The minimum absolute atomic E-state index is 0.0567. The summed E-state index contributed by atoms with van der Waals surface area (Å²) in [5.74, 6) is 1.03. The lowest BCUT2D eigenvalue weighted by atomic mass is 10.1. The van der Waals surface area contributed by atoms with E-state index in [4.69, 9.17) is 9.47 Å². The number of fused-ring (bicyclic) bond motifs is 1. The van der Waals surface area contributed by atoms with E-state index in [1.54, 1.807) is 52.6 Å². The molecule has 9 heteroatoms. The van der Waals surface area contributed by atoms with E-state index in [1.807, 2.05) is 0 Å². The fraction of sp³-hybridized carbons (Fsp3) is 0.261. The molecular weight excluding hydrogens is 448 g/mol. The number of rotatable bonds is 7. The Balaban J connectivity index is 1.36. The van der Waals surface area contributed by atoms with Crippen molar-refractivity contribution in [1.82, 2.24) is 4.90 Å². The van der Waals surface area contributed by atoms with Crippen molar-refractivity contribution in [3.63, 3.8) is 0 Å². The Labute approximate surface area is 191 Å². The van der Waals surface area contributed by atoms with Gasteiger partial charge < -0.3 is 14.4 Å². The number of anilines is 1. The molecule has 1 aromatic heterocycles. The Morgan fingerprint density at radius 1 is 1.06 bits per heavy atom. The van der Waals surface area contributed by atoms with Crippen LogP contribution in [0.25, 0.3) is 0 Å². The lowest BCUT2D eigenvalue weighted by Gasteiger charge is -2.27. The first-order valence-corrected chi connectivity index (χ1v) is 12.4. The van der Waals surface area contributed by atoms with Crippen LogP contribution in [-0.2, 0) is 27.8 Å². The number of carbonyl (C=O) groups is 1. The van der Waals surface area contributed by atoms with Crippen molar-refractivity contribution < 1.29 is 22.7 Å². The van der Waals surface area contributed by atoms with Crippen LogP contribution in [0, 0.1) is 0 Å². The summed E-state index contributed by atoms with van der Waals surface area (Å²) < 4.78 is 37.7. The van der Waals surface area contributed by atoms with Crippen molar-refractivity contribution in [3.8, 4) is 11.5 Å². The molecule has 0 saturated carbocycles. The Hall–Kier alpha value is -3.04. The van der Waals surface area contributed by atoms with Gasteiger partial charge in [0.2, 0.25) is 0 Å². The smallest absolute Gasteiger partial charge is 0.264 e. The van der Waals surface area contributed by atoms with Crippen molar-refractivity contribution >= 4 is 33.0 Å². The van der Waals surface area contributed by atoms with E-state index in [0.717, 1.165) is 6.42 Å². The van der Waals surface area contributed by atoms with Gasteiger partial charge in [0.25, 0.3) is 15.9 Å². The summed E-state index contributed by atoms with van der Waals surface area (Å²) in [6, 6.07) is 14.9. The van der Waals surface area contributed by atoms with Gasteiger partial charge >= 0.3 is 0 Å². The third-order valence-corrected chi connectivity index (χ3v) is 8.26. The molecule has 2 aromatic carbocycles. The van der Waals surface area contributed by atoms with Gasteiger partial charge in [-0.1, -0.05) is 0 Å². The standard InChI is InChI=1S/C23H24N2O5S2/c1-24(32(27,28)21-9-7-19(29-2)8-10-21)18-3-5-20(6-4-18)30-16-23(26)25-13-11-22-17(15-25)12-14-31-22/h3-10,12,14H,11,13,15-16H2,1-2H3. The first-order valence-electron chi connectivity index (χ1n) is 10.1. The monoisotopic (exact) mass is 472 g/mol. The van der Waals surface area contributed by atoms with Crippen molar-refractivity contribution in [1.29, 1.82) is 0 Å². The van der Waals surface area contributed by atoms with Gasteiger partial charge in [-0.2, -0.15) is 0 Å². The van der Waals surface area contributed by atoms with E-state index >= 15 is 0 Å². The molecule has 0 N–H and O–H groups in total. The minimum atomic E-state index is -3.71. The highest BCUT2D eigenvalue weighted by Gasteiger charge is 2.23. The van der Waals surface area contributed by atoms with Crippen LogP contribution in [0.4, 0.5) is 5.69 Å². The quantitative estimate of drug-likeness (QED) is 0.526. The van der Waals surface area contributed by atoms with Gasteiger partial charge in [0.05, 0.1) is 17.7 Å². The maximum atomic E-state index is 12.9. The molecule has 0 fully saturated rings. The number of hydrogen-bond acceptors (Lipinski definition) is 6. The lowest BCUT2D eigenvalue weighted by Crippen LogP contribution is -2.38.